The van der Waals surface area contributed by atoms with Gasteiger partial charge in [-0.05, 0) is 36.4 Å². The summed E-state index contributed by atoms with van der Waals surface area (Å²) in [5.41, 5.74) is 0.236. The number of halogens is 1. The molecule has 1 fully saturated rings. The number of carbonyl (C=O) groups excluding carboxylic acids is 1. The Labute approximate surface area is 161 Å². The van der Waals surface area contributed by atoms with Crippen LogP contribution in [-0.2, 0) is 10.0 Å². The van der Waals surface area contributed by atoms with E-state index in [1.807, 2.05) is 0 Å². The second-order valence-corrected chi connectivity index (χ2v) is 8.33. The van der Waals surface area contributed by atoms with Crippen LogP contribution in [0.25, 0.3) is 0 Å². The molecule has 0 N–H and O–H groups in total. The van der Waals surface area contributed by atoms with Crippen LogP contribution in [0.15, 0.2) is 53.4 Å². The summed E-state index contributed by atoms with van der Waals surface area (Å²) >= 11 is 5.80. The van der Waals surface area contributed by atoms with E-state index in [4.69, 9.17) is 11.6 Å². The van der Waals surface area contributed by atoms with Crippen molar-refractivity contribution in [2.45, 2.75) is 4.90 Å². The van der Waals surface area contributed by atoms with Crippen LogP contribution >= 0.6 is 11.6 Å². The molecule has 1 saturated heterocycles. The quantitative estimate of drug-likeness (QED) is 0.570. The molecular formula is C17H16ClN3O5S. The molecule has 0 aromatic heterocycles. The van der Waals surface area contributed by atoms with Crippen LogP contribution in [0.2, 0.25) is 5.02 Å². The summed E-state index contributed by atoms with van der Waals surface area (Å²) in [5, 5.41) is 11.1. The molecule has 0 bridgehead atoms. The molecule has 1 aliphatic rings. The first-order valence-corrected chi connectivity index (χ1v) is 9.90. The van der Waals surface area contributed by atoms with Crippen molar-refractivity contribution in [1.82, 2.24) is 9.21 Å². The van der Waals surface area contributed by atoms with Crippen molar-refractivity contribution >= 4 is 33.2 Å². The number of nitro groups is 1. The summed E-state index contributed by atoms with van der Waals surface area (Å²) in [7, 11) is -3.65. The van der Waals surface area contributed by atoms with Crippen molar-refractivity contribution in [3.63, 3.8) is 0 Å². The van der Waals surface area contributed by atoms with Gasteiger partial charge in [-0.25, -0.2) is 8.42 Å². The number of nitrogens with zero attached hydrogens (tertiary/aromatic N) is 3. The number of hydrogen-bond acceptors (Lipinski definition) is 5. The van der Waals surface area contributed by atoms with Gasteiger partial charge in [-0.3, -0.25) is 14.9 Å². The first-order chi connectivity index (χ1) is 12.8. The number of sulfonamides is 1. The normalized spacial score (nSPS) is 15.5. The molecule has 1 aliphatic heterocycles. The summed E-state index contributed by atoms with van der Waals surface area (Å²) in [4.78, 5) is 24.4. The number of benzene rings is 2. The number of piperazine rings is 1. The topological polar surface area (TPSA) is 101 Å². The minimum Gasteiger partial charge on any atom is -0.336 e. The number of nitro benzene ring substituents is 1. The van der Waals surface area contributed by atoms with Gasteiger partial charge < -0.3 is 4.90 Å². The van der Waals surface area contributed by atoms with Crippen molar-refractivity contribution in [3.8, 4) is 0 Å². The largest absolute Gasteiger partial charge is 0.336 e. The van der Waals surface area contributed by atoms with E-state index in [1.54, 1.807) is 0 Å². The molecule has 3 rings (SSSR count). The van der Waals surface area contributed by atoms with E-state index in [9.17, 15) is 23.3 Å². The molecule has 142 valence electrons. The van der Waals surface area contributed by atoms with Gasteiger partial charge in [0, 0.05) is 48.9 Å². The van der Waals surface area contributed by atoms with E-state index >= 15 is 0 Å². The highest BCUT2D eigenvalue weighted by molar-refractivity contribution is 7.89. The lowest BCUT2D eigenvalue weighted by Gasteiger charge is -2.34. The molecule has 0 unspecified atom stereocenters. The van der Waals surface area contributed by atoms with Crippen LogP contribution in [0.3, 0.4) is 0 Å². The van der Waals surface area contributed by atoms with Gasteiger partial charge in [0.15, 0.2) is 0 Å². The van der Waals surface area contributed by atoms with Gasteiger partial charge >= 0.3 is 0 Å². The fourth-order valence-electron chi connectivity index (χ4n) is 2.80. The van der Waals surface area contributed by atoms with Crippen LogP contribution in [-0.4, -0.2) is 54.6 Å². The monoisotopic (exact) mass is 409 g/mol. The summed E-state index contributed by atoms with van der Waals surface area (Å²) < 4.78 is 26.7. The zero-order valence-electron chi connectivity index (χ0n) is 14.1. The first-order valence-electron chi connectivity index (χ1n) is 8.08. The number of hydrogen-bond donors (Lipinski definition) is 0. The van der Waals surface area contributed by atoms with Crippen LogP contribution in [0.1, 0.15) is 10.4 Å². The fraction of sp³-hybridized carbons (Fsp3) is 0.235. The zero-order chi connectivity index (χ0) is 19.6. The van der Waals surface area contributed by atoms with Crippen LogP contribution in [0.5, 0.6) is 0 Å². The third kappa shape index (κ3) is 4.10. The van der Waals surface area contributed by atoms with Crippen LogP contribution in [0.4, 0.5) is 5.69 Å². The van der Waals surface area contributed by atoms with E-state index in [2.05, 4.69) is 0 Å². The Morgan fingerprint density at radius 1 is 0.963 bits per heavy atom. The van der Waals surface area contributed by atoms with Crippen molar-refractivity contribution < 1.29 is 18.1 Å². The number of carbonyl (C=O) groups is 1. The predicted molar refractivity (Wildman–Crippen MR) is 99.2 cm³/mol. The summed E-state index contributed by atoms with van der Waals surface area (Å²) in [6.07, 6.45) is 0. The van der Waals surface area contributed by atoms with E-state index in [0.717, 1.165) is 0 Å². The Kier molecular flexibility index (Phi) is 5.45. The molecule has 0 saturated carbocycles. The summed E-state index contributed by atoms with van der Waals surface area (Å²) in [6, 6.07) is 11.3. The highest BCUT2D eigenvalue weighted by Gasteiger charge is 2.30. The average Bonchev–Trinajstić information content (AvgIpc) is 2.68. The molecule has 0 aliphatic carbocycles. The van der Waals surface area contributed by atoms with E-state index in [1.165, 1.54) is 57.7 Å². The molecule has 8 nitrogen and oxygen atoms in total. The second-order valence-electron chi connectivity index (χ2n) is 5.95. The number of rotatable bonds is 4. The van der Waals surface area contributed by atoms with E-state index in [-0.39, 0.29) is 42.7 Å². The van der Waals surface area contributed by atoms with Gasteiger partial charge in [-0.15, -0.1) is 0 Å². The molecule has 0 radical (unpaired) electrons. The SMILES string of the molecule is O=C(c1ccc([N+](=O)[O-])cc1)N1CCN(S(=O)(=O)c2ccc(Cl)cc2)CC1. The van der Waals surface area contributed by atoms with Gasteiger partial charge in [0.2, 0.25) is 10.0 Å². The van der Waals surface area contributed by atoms with Crippen LogP contribution < -0.4 is 0 Å². The van der Waals surface area contributed by atoms with Gasteiger partial charge in [-0.2, -0.15) is 4.31 Å². The Morgan fingerprint density at radius 2 is 1.52 bits per heavy atom. The molecule has 2 aromatic rings. The predicted octanol–water partition coefficient (Wildman–Crippen LogP) is 2.39. The van der Waals surface area contributed by atoms with E-state index in [0.29, 0.717) is 10.6 Å². The number of amides is 1. The summed E-state index contributed by atoms with van der Waals surface area (Å²) in [5.74, 6) is -0.284. The lowest BCUT2D eigenvalue weighted by atomic mass is 10.1. The number of non-ortho nitro benzene ring substituents is 1. The minimum atomic E-state index is -3.65. The van der Waals surface area contributed by atoms with Gasteiger partial charge in [0.1, 0.15) is 0 Å². The van der Waals surface area contributed by atoms with E-state index < -0.39 is 14.9 Å². The van der Waals surface area contributed by atoms with Crippen molar-refractivity contribution in [2.24, 2.45) is 0 Å². The van der Waals surface area contributed by atoms with Crippen LogP contribution in [0, 0.1) is 10.1 Å². The fourth-order valence-corrected chi connectivity index (χ4v) is 4.34. The highest BCUT2D eigenvalue weighted by Crippen LogP contribution is 2.21. The smallest absolute Gasteiger partial charge is 0.269 e. The average molecular weight is 410 g/mol. The molecule has 1 amide bonds. The van der Waals surface area contributed by atoms with Crippen molar-refractivity contribution in [3.05, 3.63) is 69.2 Å². The zero-order valence-corrected chi connectivity index (χ0v) is 15.7. The lowest BCUT2D eigenvalue weighted by Crippen LogP contribution is -2.50. The Balaban J connectivity index is 1.66. The molecule has 0 spiro atoms. The highest BCUT2D eigenvalue weighted by atomic mass is 35.5. The Bertz CT molecular complexity index is 953. The maximum atomic E-state index is 12.7. The Morgan fingerprint density at radius 3 is 2.04 bits per heavy atom. The molecule has 27 heavy (non-hydrogen) atoms. The molecular weight excluding hydrogens is 394 g/mol. The van der Waals surface area contributed by atoms with Crippen molar-refractivity contribution in [1.29, 1.82) is 0 Å². The molecule has 1 heterocycles. The maximum Gasteiger partial charge on any atom is 0.269 e. The van der Waals surface area contributed by atoms with Gasteiger partial charge in [0.05, 0.1) is 9.82 Å². The minimum absolute atomic E-state index is 0.0922. The molecule has 0 atom stereocenters. The lowest BCUT2D eigenvalue weighted by molar-refractivity contribution is -0.384. The third-order valence-corrected chi connectivity index (χ3v) is 6.47. The second kappa shape index (κ2) is 7.63. The molecule has 2 aromatic carbocycles. The van der Waals surface area contributed by atoms with Gasteiger partial charge in [0.25, 0.3) is 11.6 Å². The molecule has 10 heteroatoms. The standard InChI is InChI=1S/C17H16ClN3O5S/c18-14-3-7-16(8-4-14)27(25,26)20-11-9-19(10-12-20)17(22)13-1-5-15(6-2-13)21(23)24/h1-8H,9-12H2. The first kappa shape index (κ1) is 19.3. The maximum absolute atomic E-state index is 12.7. The summed E-state index contributed by atoms with van der Waals surface area (Å²) in [6.45, 7) is 0.818. The van der Waals surface area contributed by atoms with Crippen molar-refractivity contribution in [2.75, 3.05) is 26.2 Å². The Hall–Kier alpha value is -2.49. The van der Waals surface area contributed by atoms with Gasteiger partial charge in [-0.1, -0.05) is 11.6 Å². The third-order valence-electron chi connectivity index (χ3n) is 4.30.